The van der Waals surface area contributed by atoms with E-state index in [9.17, 15) is 15.3 Å². The molecular weight excluding hydrogens is 374 g/mol. The minimum absolute atomic E-state index is 0.124. The first-order chi connectivity index (χ1) is 13.1. The number of aliphatic hydroxyl groups excluding tert-OH is 3. The molecule has 4 atom stereocenters. The van der Waals surface area contributed by atoms with Crippen LogP contribution in [0.3, 0.4) is 0 Å². The van der Waals surface area contributed by atoms with E-state index in [1.807, 2.05) is 16.8 Å². The van der Waals surface area contributed by atoms with Gasteiger partial charge in [0.15, 0.2) is 17.7 Å². The number of anilines is 2. The lowest BCUT2D eigenvalue weighted by Crippen LogP contribution is -2.33. The number of hydrazone groups is 1. The third-order valence-corrected chi connectivity index (χ3v) is 4.86. The molecule has 1 saturated heterocycles. The minimum atomic E-state index is -1.26. The van der Waals surface area contributed by atoms with E-state index in [0.29, 0.717) is 11.2 Å². The van der Waals surface area contributed by atoms with Gasteiger partial charge in [0, 0.05) is 5.56 Å². The van der Waals surface area contributed by atoms with Crippen LogP contribution in [-0.4, -0.2) is 66.0 Å². The number of thiophene rings is 1. The molecule has 3 aromatic rings. The van der Waals surface area contributed by atoms with Gasteiger partial charge in [0.1, 0.15) is 23.8 Å². The van der Waals surface area contributed by atoms with E-state index >= 15 is 0 Å². The number of rotatable bonds is 5. The summed E-state index contributed by atoms with van der Waals surface area (Å²) in [5.74, 6) is 0.263. The molecular formula is C15H17N7O4S. The van der Waals surface area contributed by atoms with Crippen LogP contribution in [0.4, 0.5) is 11.8 Å². The van der Waals surface area contributed by atoms with Crippen LogP contribution in [0.2, 0.25) is 0 Å². The second-order valence-corrected chi connectivity index (χ2v) is 6.69. The van der Waals surface area contributed by atoms with Gasteiger partial charge in [-0.05, 0) is 16.8 Å². The molecule has 0 bridgehead atoms. The van der Waals surface area contributed by atoms with Crippen molar-refractivity contribution in [1.29, 1.82) is 0 Å². The molecule has 0 aliphatic carbocycles. The number of imidazole rings is 1. The van der Waals surface area contributed by atoms with Crippen molar-refractivity contribution in [1.82, 2.24) is 19.5 Å². The normalized spacial score (nSPS) is 25.6. The quantitative estimate of drug-likeness (QED) is 0.285. The zero-order valence-corrected chi connectivity index (χ0v) is 14.7. The summed E-state index contributed by atoms with van der Waals surface area (Å²) in [5, 5.41) is 37.4. The molecule has 0 amide bonds. The van der Waals surface area contributed by atoms with Crippen molar-refractivity contribution in [2.24, 2.45) is 5.10 Å². The van der Waals surface area contributed by atoms with E-state index in [1.54, 1.807) is 17.6 Å². The van der Waals surface area contributed by atoms with Crippen molar-refractivity contribution < 1.29 is 20.1 Å². The Bertz CT molecular complexity index is 961. The molecule has 1 fully saturated rings. The van der Waals surface area contributed by atoms with Crippen molar-refractivity contribution in [3.05, 3.63) is 28.7 Å². The van der Waals surface area contributed by atoms with E-state index < -0.39 is 31.1 Å². The van der Waals surface area contributed by atoms with Crippen LogP contribution in [0.1, 0.15) is 11.8 Å². The average molecular weight is 391 g/mol. The van der Waals surface area contributed by atoms with Gasteiger partial charge in [-0.1, -0.05) is 0 Å². The van der Waals surface area contributed by atoms with Gasteiger partial charge in [-0.25, -0.2) is 10.4 Å². The fraction of sp³-hybridized carbons (Fsp3) is 0.333. The maximum atomic E-state index is 10.2. The van der Waals surface area contributed by atoms with Gasteiger partial charge in [-0.3, -0.25) is 4.57 Å². The number of nitrogen functional groups attached to an aromatic ring is 1. The highest BCUT2D eigenvalue weighted by atomic mass is 32.1. The highest BCUT2D eigenvalue weighted by Gasteiger charge is 2.44. The van der Waals surface area contributed by atoms with Crippen LogP contribution in [0, 0.1) is 0 Å². The van der Waals surface area contributed by atoms with Crippen LogP contribution in [0.25, 0.3) is 11.2 Å². The number of hydrogen-bond acceptors (Lipinski definition) is 11. The minimum Gasteiger partial charge on any atom is -0.394 e. The van der Waals surface area contributed by atoms with Crippen LogP contribution < -0.4 is 11.2 Å². The Hall–Kier alpha value is -2.64. The lowest BCUT2D eigenvalue weighted by molar-refractivity contribution is -0.0511. The third kappa shape index (κ3) is 3.24. The summed E-state index contributed by atoms with van der Waals surface area (Å²) < 4.78 is 6.96. The second-order valence-electron chi connectivity index (χ2n) is 5.91. The summed E-state index contributed by atoms with van der Waals surface area (Å²) in [6.45, 7) is -0.428. The van der Waals surface area contributed by atoms with Crippen LogP contribution in [0.15, 0.2) is 28.3 Å². The smallest absolute Gasteiger partial charge is 0.247 e. The Morgan fingerprint density at radius 3 is 2.93 bits per heavy atom. The number of aliphatic hydroxyl groups is 3. The van der Waals surface area contributed by atoms with Gasteiger partial charge in [0.2, 0.25) is 5.95 Å². The topological polar surface area (TPSA) is 164 Å². The second kappa shape index (κ2) is 7.17. The van der Waals surface area contributed by atoms with Crippen LogP contribution in [0.5, 0.6) is 0 Å². The molecule has 0 aromatic carbocycles. The van der Waals surface area contributed by atoms with Crippen molar-refractivity contribution in [2.45, 2.75) is 24.5 Å². The SMILES string of the molecule is Nc1nc(N/N=C/c2ccsc2)nc2c1ncn2[C@@H]1O[C@H](CO)[C@@H](O)[C@H]1O. The average Bonchev–Trinajstić information content (AvgIpc) is 3.37. The summed E-state index contributed by atoms with van der Waals surface area (Å²) in [6.07, 6.45) is -1.38. The maximum Gasteiger partial charge on any atom is 0.247 e. The van der Waals surface area contributed by atoms with Gasteiger partial charge >= 0.3 is 0 Å². The van der Waals surface area contributed by atoms with Gasteiger partial charge in [-0.15, -0.1) is 0 Å². The first kappa shape index (κ1) is 17.8. The monoisotopic (exact) mass is 391 g/mol. The summed E-state index contributed by atoms with van der Waals surface area (Å²) >= 11 is 1.55. The van der Waals surface area contributed by atoms with Crippen LogP contribution >= 0.6 is 11.3 Å². The Morgan fingerprint density at radius 1 is 1.37 bits per heavy atom. The van der Waals surface area contributed by atoms with Gasteiger partial charge < -0.3 is 25.8 Å². The zero-order valence-electron chi connectivity index (χ0n) is 13.9. The zero-order chi connectivity index (χ0) is 19.0. The molecule has 27 heavy (non-hydrogen) atoms. The molecule has 6 N–H and O–H groups in total. The lowest BCUT2D eigenvalue weighted by atomic mass is 10.1. The van der Waals surface area contributed by atoms with Crippen molar-refractivity contribution in [3.63, 3.8) is 0 Å². The maximum absolute atomic E-state index is 10.2. The number of hydrogen-bond donors (Lipinski definition) is 5. The summed E-state index contributed by atoms with van der Waals surface area (Å²) in [5.41, 5.74) is 10.2. The summed E-state index contributed by atoms with van der Waals surface area (Å²) in [4.78, 5) is 12.6. The highest BCUT2D eigenvalue weighted by Crippen LogP contribution is 2.32. The Labute approximate surface area is 156 Å². The van der Waals surface area contributed by atoms with Crippen molar-refractivity contribution in [3.8, 4) is 0 Å². The number of aromatic nitrogens is 4. The molecule has 0 saturated carbocycles. The number of ether oxygens (including phenoxy) is 1. The molecule has 0 radical (unpaired) electrons. The molecule has 3 aromatic heterocycles. The van der Waals surface area contributed by atoms with Crippen molar-refractivity contribution in [2.75, 3.05) is 17.8 Å². The van der Waals surface area contributed by atoms with E-state index in [1.165, 1.54) is 10.9 Å². The Kier molecular flexibility index (Phi) is 4.72. The van der Waals surface area contributed by atoms with Crippen molar-refractivity contribution >= 4 is 40.5 Å². The Balaban J connectivity index is 1.64. The standard InChI is InChI=1S/C15H17N7O4S/c16-12-9-13(20-15(19-12)21-18-3-7-1-2-27-5-7)22(6-17-9)14-11(25)10(24)8(4-23)26-14/h1-3,5-6,8,10-11,14,23-25H,4H2,(H3,16,19,20,21)/b18-3+/t8-,10-,11-,14-/m1/s1. The van der Waals surface area contributed by atoms with Gasteiger partial charge in [0.05, 0.1) is 19.1 Å². The predicted octanol–water partition coefficient (Wildman–Crippen LogP) is -0.473. The number of fused-ring (bicyclic) bond motifs is 1. The molecule has 0 unspecified atom stereocenters. The highest BCUT2D eigenvalue weighted by molar-refractivity contribution is 7.08. The summed E-state index contributed by atoms with van der Waals surface area (Å²) in [7, 11) is 0. The van der Waals surface area contributed by atoms with E-state index in [2.05, 4.69) is 25.5 Å². The fourth-order valence-corrected chi connectivity index (χ4v) is 3.41. The number of nitrogens with zero attached hydrogens (tertiary/aromatic N) is 5. The third-order valence-electron chi connectivity index (χ3n) is 4.16. The molecule has 12 heteroatoms. The van der Waals surface area contributed by atoms with E-state index in [-0.39, 0.29) is 11.8 Å². The van der Waals surface area contributed by atoms with Crippen LogP contribution in [-0.2, 0) is 4.74 Å². The van der Waals surface area contributed by atoms with E-state index in [0.717, 1.165) is 5.56 Å². The van der Waals surface area contributed by atoms with Gasteiger partial charge in [-0.2, -0.15) is 26.4 Å². The number of nitrogens with one attached hydrogen (secondary N) is 1. The fourth-order valence-electron chi connectivity index (χ4n) is 2.80. The molecule has 0 spiro atoms. The lowest BCUT2D eigenvalue weighted by Gasteiger charge is -2.16. The van der Waals surface area contributed by atoms with Gasteiger partial charge in [0.25, 0.3) is 0 Å². The Morgan fingerprint density at radius 2 is 2.22 bits per heavy atom. The first-order valence-corrected chi connectivity index (χ1v) is 8.96. The first-order valence-electron chi connectivity index (χ1n) is 8.02. The molecule has 142 valence electrons. The predicted molar refractivity (Wildman–Crippen MR) is 98.3 cm³/mol. The molecule has 4 rings (SSSR count). The largest absolute Gasteiger partial charge is 0.394 e. The molecule has 4 heterocycles. The number of nitrogens with two attached hydrogens (primary N) is 1. The molecule has 1 aliphatic heterocycles. The van der Waals surface area contributed by atoms with E-state index in [4.69, 9.17) is 10.5 Å². The molecule has 1 aliphatic rings. The summed E-state index contributed by atoms with van der Waals surface area (Å²) in [6, 6.07) is 1.91. The molecule has 11 nitrogen and oxygen atoms in total.